The fourth-order valence-corrected chi connectivity index (χ4v) is 0.794. The van der Waals surface area contributed by atoms with Gasteiger partial charge in [-0.05, 0) is 16.0 Å². The minimum atomic E-state index is -2.47. The van der Waals surface area contributed by atoms with Gasteiger partial charge in [0.1, 0.15) is 0 Å². The highest BCUT2D eigenvalue weighted by molar-refractivity contribution is 5.43. The van der Waals surface area contributed by atoms with Crippen LogP contribution in [0.15, 0.2) is 18.3 Å². The summed E-state index contributed by atoms with van der Waals surface area (Å²) in [6.07, 6.45) is -1.33. The molecule has 1 aromatic rings. The molecule has 0 radical (unpaired) electrons. The van der Waals surface area contributed by atoms with E-state index in [1.54, 1.807) is 0 Å². The number of hydrogen-bond donors (Lipinski definition) is 1. The van der Waals surface area contributed by atoms with E-state index >= 15 is 0 Å². The zero-order chi connectivity index (χ0) is 10.6. The lowest BCUT2D eigenvalue weighted by Gasteiger charge is -2.02. The molecule has 0 aliphatic carbocycles. The highest BCUT2D eigenvalue weighted by atomic mass is 19.3. The minimum absolute atomic E-state index is 0.312. The molecule has 0 spiro atoms. The van der Waals surface area contributed by atoms with E-state index in [4.69, 9.17) is 0 Å². The lowest BCUT2D eigenvalue weighted by Crippen LogP contribution is -2.10. The van der Waals surface area contributed by atoms with Crippen molar-refractivity contribution >= 4 is 11.5 Å². The maximum Gasteiger partial charge on any atom is 0.363 e. The number of aromatic nitrogens is 1. The van der Waals surface area contributed by atoms with E-state index in [1.807, 2.05) is 0 Å². The van der Waals surface area contributed by atoms with Gasteiger partial charge in [0.15, 0.2) is 6.20 Å². The second kappa shape index (κ2) is 4.45. The van der Waals surface area contributed by atoms with Crippen LogP contribution in [-0.2, 0) is 0 Å². The van der Waals surface area contributed by atoms with Crippen LogP contribution in [0.1, 0.15) is 0 Å². The number of anilines is 1. The third-order valence-corrected chi connectivity index (χ3v) is 1.40. The number of pyridine rings is 1. The van der Waals surface area contributed by atoms with Crippen LogP contribution in [-0.4, -0.2) is 22.9 Å². The topological polar surface area (TPSA) is 68.1 Å². The van der Waals surface area contributed by atoms with Crippen molar-refractivity contribution in [3.05, 3.63) is 28.4 Å². The summed E-state index contributed by atoms with van der Waals surface area (Å²) in [5.41, 5.74) is 0.330. The third-order valence-electron chi connectivity index (χ3n) is 1.40. The Morgan fingerprint density at radius 2 is 2.29 bits per heavy atom. The highest BCUT2D eigenvalue weighted by Crippen LogP contribution is 2.11. The molecule has 1 aromatic heterocycles. The fraction of sp³-hybridized carbons (Fsp3) is 0.286. The number of nitrogens with one attached hydrogen (secondary N) is 1. The van der Waals surface area contributed by atoms with Gasteiger partial charge in [0.05, 0.1) is 12.2 Å². The molecule has 0 aliphatic heterocycles. The number of halogens is 2. The Morgan fingerprint density at radius 1 is 1.57 bits per heavy atom. The molecule has 1 N–H and O–H groups in total. The summed E-state index contributed by atoms with van der Waals surface area (Å²) >= 11 is 0. The van der Waals surface area contributed by atoms with Gasteiger partial charge < -0.3 is 15.4 Å². The van der Waals surface area contributed by atoms with E-state index in [2.05, 4.69) is 10.3 Å². The Labute approximate surface area is 77.9 Å². The van der Waals surface area contributed by atoms with Gasteiger partial charge in [0.2, 0.25) is 0 Å². The summed E-state index contributed by atoms with van der Waals surface area (Å²) in [5.74, 6) is -0.312. The van der Waals surface area contributed by atoms with Crippen molar-refractivity contribution in [1.29, 1.82) is 0 Å². The van der Waals surface area contributed by atoms with Gasteiger partial charge in [0, 0.05) is 6.07 Å². The van der Waals surface area contributed by atoms with Gasteiger partial charge in [-0.1, -0.05) is 0 Å². The van der Waals surface area contributed by atoms with Crippen LogP contribution in [0, 0.1) is 10.1 Å². The van der Waals surface area contributed by atoms with Gasteiger partial charge in [-0.15, -0.1) is 0 Å². The molecular formula is C7H7F2N3O2. The first kappa shape index (κ1) is 10.3. The molecule has 0 bridgehead atoms. The van der Waals surface area contributed by atoms with Crippen LogP contribution in [0.3, 0.4) is 0 Å². The van der Waals surface area contributed by atoms with E-state index in [1.165, 1.54) is 6.07 Å². The molecule has 14 heavy (non-hydrogen) atoms. The molecule has 76 valence electrons. The molecule has 7 heteroatoms. The van der Waals surface area contributed by atoms with E-state index in [-0.39, 0.29) is 5.82 Å². The highest BCUT2D eigenvalue weighted by Gasteiger charge is 2.07. The van der Waals surface area contributed by atoms with Crippen molar-refractivity contribution in [2.75, 3.05) is 11.9 Å². The van der Waals surface area contributed by atoms with Crippen LogP contribution in [0.2, 0.25) is 0 Å². The Kier molecular flexibility index (Phi) is 3.27. The first-order valence-corrected chi connectivity index (χ1v) is 3.72. The third kappa shape index (κ3) is 2.92. The van der Waals surface area contributed by atoms with Crippen LogP contribution < -0.4 is 5.32 Å². The van der Waals surface area contributed by atoms with Crippen molar-refractivity contribution < 1.29 is 13.7 Å². The van der Waals surface area contributed by atoms with Crippen molar-refractivity contribution in [2.24, 2.45) is 0 Å². The quantitative estimate of drug-likeness (QED) is 0.596. The number of nitrogens with zero attached hydrogens (tertiary/aromatic N) is 2. The van der Waals surface area contributed by atoms with Crippen molar-refractivity contribution in [2.45, 2.75) is 6.43 Å². The molecule has 0 atom stereocenters. The SMILES string of the molecule is O=[N+]([O-])c1ccc(NCC(F)F)cn1. The molecular weight excluding hydrogens is 196 g/mol. The maximum absolute atomic E-state index is 11.7. The van der Waals surface area contributed by atoms with E-state index < -0.39 is 17.9 Å². The zero-order valence-corrected chi connectivity index (χ0v) is 6.98. The predicted molar refractivity (Wildman–Crippen MR) is 45.4 cm³/mol. The van der Waals surface area contributed by atoms with Gasteiger partial charge >= 0.3 is 5.82 Å². The van der Waals surface area contributed by atoms with Crippen LogP contribution >= 0.6 is 0 Å². The van der Waals surface area contributed by atoms with E-state index in [0.717, 1.165) is 12.3 Å². The summed E-state index contributed by atoms with van der Waals surface area (Å²) in [6, 6.07) is 2.47. The lowest BCUT2D eigenvalue weighted by molar-refractivity contribution is -0.389. The molecule has 0 fully saturated rings. The summed E-state index contributed by atoms with van der Waals surface area (Å²) in [7, 11) is 0. The summed E-state index contributed by atoms with van der Waals surface area (Å²) in [6.45, 7) is -0.501. The number of hydrogen-bond acceptors (Lipinski definition) is 4. The smallest absolute Gasteiger partial charge is 0.363 e. The largest absolute Gasteiger partial charge is 0.376 e. The second-order valence-electron chi connectivity index (χ2n) is 2.43. The van der Waals surface area contributed by atoms with Crippen molar-refractivity contribution in [3.63, 3.8) is 0 Å². The number of rotatable bonds is 4. The molecule has 1 heterocycles. The molecule has 0 amide bonds. The minimum Gasteiger partial charge on any atom is -0.376 e. The van der Waals surface area contributed by atoms with Crippen molar-refractivity contribution in [1.82, 2.24) is 4.98 Å². The monoisotopic (exact) mass is 203 g/mol. The first-order chi connectivity index (χ1) is 6.59. The van der Waals surface area contributed by atoms with Gasteiger partial charge in [-0.25, -0.2) is 8.78 Å². The lowest BCUT2D eigenvalue weighted by atomic mass is 10.4. The average molecular weight is 203 g/mol. The van der Waals surface area contributed by atoms with Crippen LogP contribution in [0.25, 0.3) is 0 Å². The Balaban J connectivity index is 2.60. The zero-order valence-electron chi connectivity index (χ0n) is 6.98. The Hall–Kier alpha value is -1.79. The number of alkyl halides is 2. The van der Waals surface area contributed by atoms with E-state index in [9.17, 15) is 18.9 Å². The molecule has 0 unspecified atom stereocenters. The second-order valence-corrected chi connectivity index (χ2v) is 2.43. The standard InChI is InChI=1S/C7H7F2N3O2/c8-6(9)4-10-5-1-2-7(11-3-5)12(13)14/h1-3,6,10H,4H2. The molecule has 0 aromatic carbocycles. The normalized spacial score (nSPS) is 10.2. The summed E-state index contributed by atoms with van der Waals surface area (Å²) in [5, 5.41) is 12.6. The number of nitro groups is 1. The Morgan fingerprint density at radius 3 is 2.71 bits per heavy atom. The van der Waals surface area contributed by atoms with Gasteiger partial charge in [0.25, 0.3) is 6.43 Å². The summed E-state index contributed by atoms with van der Waals surface area (Å²) < 4.78 is 23.5. The predicted octanol–water partition coefficient (Wildman–Crippen LogP) is 1.67. The Bertz CT molecular complexity index is 315. The summed E-state index contributed by atoms with van der Waals surface area (Å²) in [4.78, 5) is 13.0. The van der Waals surface area contributed by atoms with Gasteiger partial charge in [-0.3, -0.25) is 0 Å². The van der Waals surface area contributed by atoms with E-state index in [0.29, 0.717) is 5.69 Å². The van der Waals surface area contributed by atoms with Crippen molar-refractivity contribution in [3.8, 4) is 0 Å². The first-order valence-electron chi connectivity index (χ1n) is 3.72. The molecule has 5 nitrogen and oxygen atoms in total. The maximum atomic E-state index is 11.7. The molecule has 0 aliphatic rings. The fourth-order valence-electron chi connectivity index (χ4n) is 0.794. The molecule has 0 saturated carbocycles. The molecule has 1 rings (SSSR count). The average Bonchev–Trinajstić information content (AvgIpc) is 2.15. The van der Waals surface area contributed by atoms with Gasteiger partial charge in [-0.2, -0.15) is 0 Å². The van der Waals surface area contributed by atoms with Crippen LogP contribution in [0.4, 0.5) is 20.3 Å². The molecule has 0 saturated heterocycles. The van der Waals surface area contributed by atoms with Crippen LogP contribution in [0.5, 0.6) is 0 Å².